The van der Waals surface area contributed by atoms with E-state index >= 15 is 0 Å². The monoisotopic (exact) mass is 507 g/mol. The van der Waals surface area contributed by atoms with Crippen molar-refractivity contribution in [3.05, 3.63) is 91.9 Å². The molecule has 174 valence electrons. The number of hydrogen-bond acceptors (Lipinski definition) is 5. The van der Waals surface area contributed by atoms with E-state index in [1.165, 1.54) is 9.75 Å². The molecule has 0 unspecified atom stereocenters. The summed E-state index contributed by atoms with van der Waals surface area (Å²) >= 11 is 3.50. The van der Waals surface area contributed by atoms with Crippen molar-refractivity contribution >= 4 is 44.6 Å². The number of rotatable bonds is 6. The van der Waals surface area contributed by atoms with Gasteiger partial charge >= 0.3 is 0 Å². The second-order valence-electron chi connectivity index (χ2n) is 9.07. The molecule has 0 radical (unpaired) electrons. The van der Waals surface area contributed by atoms with E-state index in [0.29, 0.717) is 10.7 Å². The molecule has 5 nitrogen and oxygen atoms in total. The third kappa shape index (κ3) is 3.39. The number of allylic oxidation sites excluding steroid dienone is 1. The summed E-state index contributed by atoms with van der Waals surface area (Å²) in [6.07, 6.45) is 7.77. The van der Waals surface area contributed by atoms with Crippen LogP contribution < -0.4 is 4.31 Å². The smallest absolute Gasteiger partial charge is 0.265 e. The molecule has 6 rings (SSSR count). The number of hydrogen-bond donors (Lipinski definition) is 1. The Morgan fingerprint density at radius 2 is 1.71 bits per heavy atom. The first-order valence-electron chi connectivity index (χ1n) is 11.4. The Labute approximate surface area is 207 Å². The number of fused-ring (bicyclic) bond motifs is 1. The van der Waals surface area contributed by atoms with Gasteiger partial charge in [0.15, 0.2) is 5.82 Å². The molecular formula is C26H25N3O2S3. The molecule has 0 bridgehead atoms. The van der Waals surface area contributed by atoms with Gasteiger partial charge in [0.05, 0.1) is 10.3 Å². The van der Waals surface area contributed by atoms with Crippen LogP contribution in [0.1, 0.15) is 45.8 Å². The van der Waals surface area contributed by atoms with Crippen molar-refractivity contribution in [3.8, 4) is 0 Å². The molecule has 0 atom stereocenters. The lowest BCUT2D eigenvalue weighted by Gasteiger charge is -2.37. The summed E-state index contributed by atoms with van der Waals surface area (Å²) in [5.74, 6) is 0.516. The second-order valence-corrected chi connectivity index (χ2v) is 12.8. The topological polar surface area (TPSA) is 66.1 Å². The Hall–Kier alpha value is -2.68. The molecule has 3 heterocycles. The largest absolute Gasteiger partial charge is 0.280 e. The van der Waals surface area contributed by atoms with Gasteiger partial charge in [-0.15, -0.1) is 22.7 Å². The van der Waals surface area contributed by atoms with Gasteiger partial charge < -0.3 is 0 Å². The van der Waals surface area contributed by atoms with Gasteiger partial charge in [-0.2, -0.15) is 5.10 Å². The summed E-state index contributed by atoms with van der Waals surface area (Å²) in [7, 11) is -3.73. The minimum Gasteiger partial charge on any atom is -0.280 e. The van der Waals surface area contributed by atoms with Crippen LogP contribution in [-0.4, -0.2) is 24.7 Å². The van der Waals surface area contributed by atoms with Crippen LogP contribution in [0.15, 0.2) is 70.3 Å². The van der Waals surface area contributed by atoms with Crippen LogP contribution in [0.25, 0.3) is 6.08 Å². The summed E-state index contributed by atoms with van der Waals surface area (Å²) in [6.45, 7) is 1.96. The van der Waals surface area contributed by atoms with Crippen LogP contribution in [0.3, 0.4) is 0 Å². The van der Waals surface area contributed by atoms with Crippen molar-refractivity contribution < 1.29 is 8.42 Å². The molecule has 0 amide bonds. The molecule has 3 aromatic heterocycles. The zero-order chi connectivity index (χ0) is 23.3. The van der Waals surface area contributed by atoms with Crippen molar-refractivity contribution in [2.75, 3.05) is 4.31 Å². The van der Waals surface area contributed by atoms with Gasteiger partial charge in [0.1, 0.15) is 0 Å². The number of aromatic amines is 1. The first-order valence-corrected chi connectivity index (χ1v) is 14.6. The molecule has 1 aromatic carbocycles. The third-order valence-corrected chi connectivity index (χ3v) is 10.9. The van der Waals surface area contributed by atoms with Crippen LogP contribution in [0.4, 0.5) is 5.82 Å². The number of aryl methyl sites for hydroxylation is 1. The average Bonchev–Trinajstić information content (AvgIpc) is 3.58. The van der Waals surface area contributed by atoms with E-state index in [2.05, 4.69) is 57.4 Å². The highest BCUT2D eigenvalue weighted by molar-refractivity contribution is 7.92. The van der Waals surface area contributed by atoms with E-state index < -0.39 is 10.0 Å². The Bertz CT molecular complexity index is 1400. The SMILES string of the molecule is Cc1ccc(S(=O)(=O)N(c2n[nH]c3c2C=CC(c2cccs2)(c2cccs2)C3)C2CCC2)cc1. The van der Waals surface area contributed by atoms with Crippen molar-refractivity contribution in [2.24, 2.45) is 0 Å². The number of aromatic nitrogens is 2. The molecule has 1 N–H and O–H groups in total. The van der Waals surface area contributed by atoms with Crippen LogP contribution in [0.2, 0.25) is 0 Å². The molecule has 1 fully saturated rings. The predicted molar refractivity (Wildman–Crippen MR) is 139 cm³/mol. The number of nitrogens with one attached hydrogen (secondary N) is 1. The fourth-order valence-corrected chi connectivity index (χ4v) is 8.45. The molecular weight excluding hydrogens is 483 g/mol. The summed E-state index contributed by atoms with van der Waals surface area (Å²) in [5, 5.41) is 12.1. The van der Waals surface area contributed by atoms with Gasteiger partial charge in [0.2, 0.25) is 0 Å². The highest BCUT2D eigenvalue weighted by Gasteiger charge is 2.42. The standard InChI is InChI=1S/C26H25N3O2S3/c1-18-9-11-20(12-10-18)34(30,31)29(19-5-2-6-19)25-21-13-14-26(17-22(21)27-28-25,23-7-3-15-32-23)24-8-4-16-33-24/h3-4,7-16,19H,2,5-6,17H2,1H3,(H,27,28). The summed E-state index contributed by atoms with van der Waals surface area (Å²) in [5.41, 5.74) is 2.62. The normalized spacial score (nSPS) is 17.3. The van der Waals surface area contributed by atoms with Gasteiger partial charge in [0.25, 0.3) is 10.0 Å². The Morgan fingerprint density at radius 1 is 1.03 bits per heavy atom. The van der Waals surface area contributed by atoms with E-state index in [9.17, 15) is 8.42 Å². The Morgan fingerprint density at radius 3 is 2.26 bits per heavy atom. The quantitative estimate of drug-likeness (QED) is 0.341. The highest BCUT2D eigenvalue weighted by Crippen LogP contribution is 2.47. The molecule has 8 heteroatoms. The maximum atomic E-state index is 13.8. The number of sulfonamides is 1. The van der Waals surface area contributed by atoms with Gasteiger partial charge in [-0.05, 0) is 61.2 Å². The lowest BCUT2D eigenvalue weighted by molar-refractivity contribution is 0.413. The molecule has 0 saturated heterocycles. The van der Waals surface area contributed by atoms with Crippen molar-refractivity contribution in [3.63, 3.8) is 0 Å². The fraction of sp³-hybridized carbons (Fsp3) is 0.269. The number of benzene rings is 1. The lowest BCUT2D eigenvalue weighted by atomic mass is 9.76. The minimum atomic E-state index is -3.73. The van der Waals surface area contributed by atoms with Crippen molar-refractivity contribution in [1.82, 2.24) is 10.2 Å². The summed E-state index contributed by atoms with van der Waals surface area (Å²) in [4.78, 5) is 2.86. The van der Waals surface area contributed by atoms with E-state index in [4.69, 9.17) is 0 Å². The number of thiophene rings is 2. The number of nitrogens with zero attached hydrogens (tertiary/aromatic N) is 2. The molecule has 4 aromatic rings. The maximum absolute atomic E-state index is 13.8. The predicted octanol–water partition coefficient (Wildman–Crippen LogP) is 6.14. The number of anilines is 1. The van der Waals surface area contributed by atoms with Gasteiger partial charge in [0, 0.05) is 33.5 Å². The first-order chi connectivity index (χ1) is 16.5. The fourth-order valence-electron chi connectivity index (χ4n) is 4.87. The molecule has 34 heavy (non-hydrogen) atoms. The number of H-pyrrole nitrogens is 1. The van der Waals surface area contributed by atoms with Crippen LogP contribution in [0.5, 0.6) is 0 Å². The van der Waals surface area contributed by atoms with Crippen molar-refractivity contribution in [1.29, 1.82) is 0 Å². The highest BCUT2D eigenvalue weighted by atomic mass is 32.2. The van der Waals surface area contributed by atoms with Gasteiger partial charge in [-0.25, -0.2) is 12.7 Å². The molecule has 0 aliphatic heterocycles. The summed E-state index contributed by atoms with van der Waals surface area (Å²) < 4.78 is 29.2. The van der Waals surface area contributed by atoms with E-state index in [1.54, 1.807) is 39.1 Å². The maximum Gasteiger partial charge on any atom is 0.265 e. The van der Waals surface area contributed by atoms with E-state index in [0.717, 1.165) is 42.5 Å². The van der Waals surface area contributed by atoms with Crippen molar-refractivity contribution in [2.45, 2.75) is 49.0 Å². The first kappa shape index (κ1) is 21.8. The lowest BCUT2D eigenvalue weighted by Crippen LogP contribution is -2.45. The van der Waals surface area contributed by atoms with Crippen LogP contribution >= 0.6 is 22.7 Å². The van der Waals surface area contributed by atoms with Gasteiger partial charge in [-0.3, -0.25) is 5.10 Å². The van der Waals surface area contributed by atoms with E-state index in [-0.39, 0.29) is 11.5 Å². The Balaban J connectivity index is 1.45. The van der Waals surface area contributed by atoms with Gasteiger partial charge in [-0.1, -0.05) is 42.0 Å². The average molecular weight is 508 g/mol. The summed E-state index contributed by atoms with van der Waals surface area (Å²) in [6, 6.07) is 15.6. The Kier molecular flexibility index (Phi) is 5.28. The van der Waals surface area contributed by atoms with E-state index in [1.807, 2.05) is 19.1 Å². The third-order valence-electron chi connectivity index (χ3n) is 6.97. The molecule has 0 spiro atoms. The minimum absolute atomic E-state index is 0.0617. The molecule has 2 aliphatic carbocycles. The second kappa shape index (κ2) is 8.22. The molecule has 1 saturated carbocycles. The van der Waals surface area contributed by atoms with Crippen LogP contribution in [0, 0.1) is 6.92 Å². The zero-order valence-electron chi connectivity index (χ0n) is 18.8. The van der Waals surface area contributed by atoms with Crippen LogP contribution in [-0.2, 0) is 21.9 Å². The zero-order valence-corrected chi connectivity index (χ0v) is 21.2. The molecule has 2 aliphatic rings.